The SMILES string of the molecule is CCCCCOC(=O)C(=O)CC(=O)C(=O)OCCCCC. The van der Waals surface area contributed by atoms with Crippen LogP contribution >= 0.6 is 0 Å². The predicted octanol–water partition coefficient (Wildman–Crippen LogP) is 1.98. The molecule has 120 valence electrons. The summed E-state index contributed by atoms with van der Waals surface area (Å²) in [5.74, 6) is -4.17. The number of ketones is 2. The molecule has 0 rings (SSSR count). The maximum Gasteiger partial charge on any atom is 0.375 e. The van der Waals surface area contributed by atoms with E-state index in [1.54, 1.807) is 0 Å². The summed E-state index contributed by atoms with van der Waals surface area (Å²) in [5, 5.41) is 0. The third-order valence-corrected chi connectivity index (χ3v) is 2.74. The lowest BCUT2D eigenvalue weighted by Gasteiger charge is -2.04. The minimum atomic E-state index is -1.07. The molecule has 6 heteroatoms. The van der Waals surface area contributed by atoms with Crippen LogP contribution in [0.2, 0.25) is 0 Å². The zero-order valence-electron chi connectivity index (χ0n) is 12.8. The molecule has 21 heavy (non-hydrogen) atoms. The summed E-state index contributed by atoms with van der Waals surface area (Å²) in [6, 6.07) is 0. The van der Waals surface area contributed by atoms with Crippen LogP contribution in [0.1, 0.15) is 58.8 Å². The molecule has 0 saturated heterocycles. The molecule has 0 saturated carbocycles. The zero-order chi connectivity index (χ0) is 16.1. The maximum absolute atomic E-state index is 11.4. The maximum atomic E-state index is 11.4. The molecule has 0 aromatic heterocycles. The third kappa shape index (κ3) is 9.76. The van der Waals surface area contributed by atoms with Gasteiger partial charge >= 0.3 is 11.9 Å². The highest BCUT2D eigenvalue weighted by Crippen LogP contribution is 1.99. The Morgan fingerprint density at radius 2 is 1.05 bits per heavy atom. The lowest BCUT2D eigenvalue weighted by atomic mass is 10.2. The van der Waals surface area contributed by atoms with Crippen LogP contribution in [0.15, 0.2) is 0 Å². The number of carbonyl (C=O) groups is 4. The largest absolute Gasteiger partial charge is 0.460 e. The van der Waals surface area contributed by atoms with Crippen LogP contribution in [-0.2, 0) is 28.7 Å². The van der Waals surface area contributed by atoms with Gasteiger partial charge in [0.1, 0.15) is 0 Å². The van der Waals surface area contributed by atoms with Gasteiger partial charge in [0.2, 0.25) is 11.6 Å². The molecule has 0 aliphatic heterocycles. The molecule has 0 amide bonds. The van der Waals surface area contributed by atoms with Gasteiger partial charge in [0.15, 0.2) is 0 Å². The van der Waals surface area contributed by atoms with E-state index in [4.69, 9.17) is 9.47 Å². The van der Waals surface area contributed by atoms with Crippen LogP contribution < -0.4 is 0 Å². The molecule has 0 bridgehead atoms. The minimum absolute atomic E-state index is 0.147. The smallest absolute Gasteiger partial charge is 0.375 e. The first-order chi connectivity index (χ1) is 10.0. The molecule has 0 heterocycles. The molecular formula is C15H24O6. The predicted molar refractivity (Wildman–Crippen MR) is 75.6 cm³/mol. The van der Waals surface area contributed by atoms with Crippen molar-refractivity contribution in [2.75, 3.05) is 13.2 Å². The first-order valence-corrected chi connectivity index (χ1v) is 7.42. The molecule has 0 atom stereocenters. The van der Waals surface area contributed by atoms with Gasteiger partial charge in [-0.05, 0) is 12.8 Å². The van der Waals surface area contributed by atoms with E-state index < -0.39 is 29.9 Å². The highest BCUT2D eigenvalue weighted by atomic mass is 16.5. The first-order valence-electron chi connectivity index (χ1n) is 7.42. The van der Waals surface area contributed by atoms with E-state index in [1.807, 2.05) is 13.8 Å². The van der Waals surface area contributed by atoms with E-state index >= 15 is 0 Å². The molecule has 0 N–H and O–H groups in total. The van der Waals surface area contributed by atoms with Crippen molar-refractivity contribution in [3.63, 3.8) is 0 Å². The Labute approximate surface area is 125 Å². The van der Waals surface area contributed by atoms with Crippen LogP contribution in [-0.4, -0.2) is 36.7 Å². The van der Waals surface area contributed by atoms with Crippen LogP contribution in [0.5, 0.6) is 0 Å². The van der Waals surface area contributed by atoms with E-state index in [9.17, 15) is 19.2 Å². The number of ether oxygens (including phenoxy) is 2. The summed E-state index contributed by atoms with van der Waals surface area (Å²) in [6.45, 7) is 4.29. The summed E-state index contributed by atoms with van der Waals surface area (Å²) >= 11 is 0. The fraction of sp³-hybridized carbons (Fsp3) is 0.733. The average Bonchev–Trinajstić information content (AvgIpc) is 2.47. The van der Waals surface area contributed by atoms with Gasteiger partial charge in [-0.15, -0.1) is 0 Å². The van der Waals surface area contributed by atoms with Gasteiger partial charge in [-0.3, -0.25) is 9.59 Å². The summed E-state index contributed by atoms with van der Waals surface area (Å²) in [6.07, 6.45) is 4.27. The topological polar surface area (TPSA) is 86.7 Å². The quantitative estimate of drug-likeness (QED) is 0.237. The summed E-state index contributed by atoms with van der Waals surface area (Å²) in [7, 11) is 0. The number of hydrogen-bond acceptors (Lipinski definition) is 6. The van der Waals surface area contributed by atoms with E-state index in [0.717, 1.165) is 25.7 Å². The van der Waals surface area contributed by atoms with Gasteiger partial charge in [-0.2, -0.15) is 0 Å². The van der Waals surface area contributed by atoms with Crippen molar-refractivity contribution < 1.29 is 28.7 Å². The Kier molecular flexibility index (Phi) is 11.1. The van der Waals surface area contributed by atoms with E-state index in [1.165, 1.54) is 0 Å². The van der Waals surface area contributed by atoms with E-state index in [0.29, 0.717) is 12.8 Å². The van der Waals surface area contributed by atoms with E-state index in [-0.39, 0.29) is 13.2 Å². The number of unbranched alkanes of at least 4 members (excludes halogenated alkanes) is 4. The van der Waals surface area contributed by atoms with Crippen molar-refractivity contribution in [2.24, 2.45) is 0 Å². The standard InChI is InChI=1S/C15H24O6/c1-3-5-7-9-20-14(18)12(16)11-13(17)15(19)21-10-8-6-4-2/h3-11H2,1-2H3. The lowest BCUT2D eigenvalue weighted by Crippen LogP contribution is -2.26. The molecule has 6 nitrogen and oxygen atoms in total. The second-order valence-corrected chi connectivity index (χ2v) is 4.71. The number of carbonyl (C=O) groups excluding carboxylic acids is 4. The van der Waals surface area contributed by atoms with Crippen LogP contribution in [0, 0.1) is 0 Å². The summed E-state index contributed by atoms with van der Waals surface area (Å²) in [5.41, 5.74) is 0. The number of esters is 2. The molecule has 0 unspecified atom stereocenters. The second-order valence-electron chi connectivity index (χ2n) is 4.71. The van der Waals surface area contributed by atoms with Gasteiger partial charge in [0.25, 0.3) is 0 Å². The van der Waals surface area contributed by atoms with Gasteiger partial charge < -0.3 is 9.47 Å². The Morgan fingerprint density at radius 3 is 1.38 bits per heavy atom. The average molecular weight is 300 g/mol. The molecule has 0 aromatic carbocycles. The highest BCUT2D eigenvalue weighted by molar-refractivity contribution is 6.45. The minimum Gasteiger partial charge on any atom is -0.460 e. The number of hydrogen-bond donors (Lipinski definition) is 0. The Morgan fingerprint density at radius 1 is 0.667 bits per heavy atom. The molecule has 0 aliphatic carbocycles. The molecule has 0 spiro atoms. The van der Waals surface area contributed by atoms with E-state index in [2.05, 4.69) is 0 Å². The summed E-state index contributed by atoms with van der Waals surface area (Å²) < 4.78 is 9.41. The second kappa shape index (κ2) is 12.1. The first kappa shape index (κ1) is 19.3. The monoisotopic (exact) mass is 300 g/mol. The van der Waals surface area contributed by atoms with Gasteiger partial charge in [-0.1, -0.05) is 39.5 Å². The molecule has 0 fully saturated rings. The van der Waals surface area contributed by atoms with Crippen LogP contribution in [0.3, 0.4) is 0 Å². The van der Waals surface area contributed by atoms with Crippen molar-refractivity contribution >= 4 is 23.5 Å². The van der Waals surface area contributed by atoms with Crippen molar-refractivity contribution in [3.8, 4) is 0 Å². The Hall–Kier alpha value is -1.72. The van der Waals surface area contributed by atoms with Gasteiger partial charge in [0, 0.05) is 0 Å². The summed E-state index contributed by atoms with van der Waals surface area (Å²) in [4.78, 5) is 45.4. The normalized spacial score (nSPS) is 10.0. The van der Waals surface area contributed by atoms with Crippen molar-refractivity contribution in [3.05, 3.63) is 0 Å². The fourth-order valence-electron chi connectivity index (χ4n) is 1.49. The third-order valence-electron chi connectivity index (χ3n) is 2.74. The highest BCUT2D eigenvalue weighted by Gasteiger charge is 2.24. The van der Waals surface area contributed by atoms with Gasteiger partial charge in [-0.25, -0.2) is 9.59 Å². The van der Waals surface area contributed by atoms with Crippen molar-refractivity contribution in [1.82, 2.24) is 0 Å². The Balaban J connectivity index is 3.93. The zero-order valence-corrected chi connectivity index (χ0v) is 12.8. The number of Topliss-reactive ketones (excluding diaryl/α,β-unsaturated/α-hetero) is 2. The molecule has 0 aromatic rings. The van der Waals surface area contributed by atoms with Crippen molar-refractivity contribution in [1.29, 1.82) is 0 Å². The molecule has 0 aliphatic rings. The fourth-order valence-corrected chi connectivity index (χ4v) is 1.49. The number of rotatable bonds is 12. The van der Waals surface area contributed by atoms with Crippen molar-refractivity contribution in [2.45, 2.75) is 58.8 Å². The Bertz CT molecular complexity index is 327. The molecular weight excluding hydrogens is 276 g/mol. The molecule has 0 radical (unpaired) electrons. The van der Waals surface area contributed by atoms with Gasteiger partial charge in [0.05, 0.1) is 19.6 Å². The lowest BCUT2D eigenvalue weighted by molar-refractivity contribution is -0.158. The van der Waals surface area contributed by atoms with Crippen LogP contribution in [0.25, 0.3) is 0 Å². The van der Waals surface area contributed by atoms with Crippen LogP contribution in [0.4, 0.5) is 0 Å².